The van der Waals surface area contributed by atoms with Crippen LogP contribution >= 0.6 is 0 Å². The Hall–Kier alpha value is -1.44. The van der Waals surface area contributed by atoms with Gasteiger partial charge in [-0.25, -0.2) is 4.39 Å². The van der Waals surface area contributed by atoms with Gasteiger partial charge in [0.25, 0.3) is 0 Å². The number of nitrogens with zero attached hydrogens (tertiary/aromatic N) is 2. The van der Waals surface area contributed by atoms with Crippen LogP contribution in [0.15, 0.2) is 18.2 Å². The van der Waals surface area contributed by atoms with Gasteiger partial charge < -0.3 is 5.11 Å². The molecule has 0 spiro atoms. The lowest BCUT2D eigenvalue weighted by atomic mass is 10.1. The average molecular weight is 220 g/mol. The van der Waals surface area contributed by atoms with E-state index >= 15 is 0 Å². The van der Waals surface area contributed by atoms with Crippen molar-refractivity contribution in [3.05, 3.63) is 35.1 Å². The Morgan fingerprint density at radius 2 is 2.38 bits per heavy atom. The molecule has 0 aliphatic carbocycles. The zero-order valence-corrected chi connectivity index (χ0v) is 8.86. The van der Waals surface area contributed by atoms with E-state index < -0.39 is 0 Å². The fraction of sp³-hybridized carbons (Fsp3) is 0.417. The largest absolute Gasteiger partial charge is 0.392 e. The van der Waals surface area contributed by atoms with Gasteiger partial charge in [-0.05, 0) is 30.2 Å². The van der Waals surface area contributed by atoms with Crippen molar-refractivity contribution >= 4 is 0 Å². The van der Waals surface area contributed by atoms with Gasteiger partial charge in [-0.15, -0.1) is 0 Å². The van der Waals surface area contributed by atoms with Gasteiger partial charge in [0.15, 0.2) is 0 Å². The Labute approximate surface area is 93.7 Å². The third-order valence-electron chi connectivity index (χ3n) is 2.83. The number of rotatable bonds is 2. The molecule has 16 heavy (non-hydrogen) atoms. The minimum absolute atomic E-state index is 0.293. The van der Waals surface area contributed by atoms with Crippen molar-refractivity contribution in [1.29, 1.82) is 5.26 Å². The third kappa shape index (κ3) is 2.38. The predicted octanol–water partition coefficient (Wildman–Crippen LogP) is 1.26. The van der Waals surface area contributed by atoms with Crippen LogP contribution < -0.4 is 0 Å². The molecule has 3 nitrogen and oxygen atoms in total. The highest BCUT2D eigenvalue weighted by Crippen LogP contribution is 2.17. The van der Waals surface area contributed by atoms with Crippen molar-refractivity contribution in [2.45, 2.75) is 19.1 Å². The van der Waals surface area contributed by atoms with E-state index in [4.69, 9.17) is 5.26 Å². The fourth-order valence-electron chi connectivity index (χ4n) is 2.00. The highest BCUT2D eigenvalue weighted by Gasteiger charge is 2.20. The summed E-state index contributed by atoms with van der Waals surface area (Å²) in [5, 5.41) is 18.3. The molecule has 0 bridgehead atoms. The van der Waals surface area contributed by atoms with Crippen LogP contribution in [-0.4, -0.2) is 29.2 Å². The lowest BCUT2D eigenvalue weighted by molar-refractivity contribution is 0.174. The molecule has 1 aliphatic rings. The van der Waals surface area contributed by atoms with E-state index in [-0.39, 0.29) is 11.9 Å². The first kappa shape index (κ1) is 11.1. The Morgan fingerprint density at radius 3 is 3.00 bits per heavy atom. The summed E-state index contributed by atoms with van der Waals surface area (Å²) in [5.74, 6) is -0.325. The van der Waals surface area contributed by atoms with Gasteiger partial charge in [0.1, 0.15) is 5.82 Å². The highest BCUT2D eigenvalue weighted by molar-refractivity contribution is 5.37. The number of hydrogen-bond acceptors (Lipinski definition) is 3. The number of aliphatic hydroxyl groups is 1. The van der Waals surface area contributed by atoms with Crippen LogP contribution in [-0.2, 0) is 6.54 Å². The number of nitriles is 1. The van der Waals surface area contributed by atoms with Crippen molar-refractivity contribution in [3.8, 4) is 6.07 Å². The van der Waals surface area contributed by atoms with E-state index in [0.717, 1.165) is 13.0 Å². The summed E-state index contributed by atoms with van der Waals surface area (Å²) in [6, 6.07) is 6.23. The van der Waals surface area contributed by atoms with Crippen LogP contribution in [0.4, 0.5) is 4.39 Å². The minimum atomic E-state index is -0.325. The minimum Gasteiger partial charge on any atom is -0.392 e. The zero-order valence-electron chi connectivity index (χ0n) is 8.86. The van der Waals surface area contributed by atoms with E-state index in [1.165, 1.54) is 18.2 Å². The summed E-state index contributed by atoms with van der Waals surface area (Å²) in [6.07, 6.45) is 0.455. The second-order valence-electron chi connectivity index (χ2n) is 4.09. The van der Waals surface area contributed by atoms with Gasteiger partial charge in [0.2, 0.25) is 0 Å². The first-order valence-electron chi connectivity index (χ1n) is 5.28. The number of β-amino-alcohol motifs (C(OH)–C–C–N with tert-alkyl or cyclic N) is 1. The van der Waals surface area contributed by atoms with Gasteiger partial charge in [-0.1, -0.05) is 0 Å². The van der Waals surface area contributed by atoms with Crippen LogP contribution in [0.3, 0.4) is 0 Å². The smallest absolute Gasteiger partial charge is 0.123 e. The molecule has 1 aliphatic heterocycles. The molecule has 1 aromatic carbocycles. The Bertz CT molecular complexity index is 428. The molecule has 2 rings (SSSR count). The number of aliphatic hydroxyl groups excluding tert-OH is 1. The first-order chi connectivity index (χ1) is 7.69. The molecule has 0 aromatic heterocycles. The molecular weight excluding hydrogens is 207 g/mol. The lowest BCUT2D eigenvalue weighted by Gasteiger charge is -2.15. The first-order valence-corrected chi connectivity index (χ1v) is 5.28. The molecule has 1 N–H and O–H groups in total. The van der Waals surface area contributed by atoms with Gasteiger partial charge in [0, 0.05) is 19.6 Å². The molecule has 1 fully saturated rings. The average Bonchev–Trinajstić information content (AvgIpc) is 2.64. The molecule has 0 saturated carbocycles. The summed E-state index contributed by atoms with van der Waals surface area (Å²) in [6.45, 7) is 1.92. The standard InChI is InChI=1S/C12H13FN2O/c13-11-2-1-9(6-14)10(5-11)7-15-4-3-12(16)8-15/h1-2,5,12,16H,3-4,7-8H2/t12-/m0/s1. The second kappa shape index (κ2) is 4.60. The van der Waals surface area contributed by atoms with Crippen LogP contribution in [0.2, 0.25) is 0 Å². The van der Waals surface area contributed by atoms with Crippen LogP contribution in [0.5, 0.6) is 0 Å². The molecule has 1 heterocycles. The van der Waals surface area contributed by atoms with Gasteiger partial charge in [0.05, 0.1) is 17.7 Å². The zero-order chi connectivity index (χ0) is 11.5. The van der Waals surface area contributed by atoms with Crippen molar-refractivity contribution in [2.75, 3.05) is 13.1 Å². The maximum atomic E-state index is 13.1. The molecule has 84 valence electrons. The Morgan fingerprint density at radius 1 is 1.56 bits per heavy atom. The van der Waals surface area contributed by atoms with E-state index in [9.17, 15) is 9.50 Å². The number of benzene rings is 1. The SMILES string of the molecule is N#Cc1ccc(F)cc1CN1CC[C@H](O)C1. The van der Waals surface area contributed by atoms with Crippen LogP contribution in [0.1, 0.15) is 17.5 Å². The number of halogens is 1. The van der Waals surface area contributed by atoms with Crippen molar-refractivity contribution in [2.24, 2.45) is 0 Å². The molecule has 4 heteroatoms. The molecule has 1 atom stereocenters. The van der Waals surface area contributed by atoms with Gasteiger partial charge in [-0.2, -0.15) is 5.26 Å². The molecule has 1 saturated heterocycles. The van der Waals surface area contributed by atoms with E-state index in [1.807, 2.05) is 4.90 Å². The van der Waals surface area contributed by atoms with Crippen LogP contribution in [0.25, 0.3) is 0 Å². The summed E-state index contributed by atoms with van der Waals surface area (Å²) >= 11 is 0. The van der Waals surface area contributed by atoms with Gasteiger partial charge in [-0.3, -0.25) is 4.90 Å². The Kier molecular flexibility index (Phi) is 3.18. The van der Waals surface area contributed by atoms with Crippen molar-refractivity contribution < 1.29 is 9.50 Å². The van der Waals surface area contributed by atoms with E-state index in [0.29, 0.717) is 24.2 Å². The highest BCUT2D eigenvalue weighted by atomic mass is 19.1. The topological polar surface area (TPSA) is 47.3 Å². The summed E-state index contributed by atoms with van der Waals surface area (Å²) in [5.41, 5.74) is 1.19. The third-order valence-corrected chi connectivity index (χ3v) is 2.83. The molecule has 0 unspecified atom stereocenters. The molecule has 0 radical (unpaired) electrons. The van der Waals surface area contributed by atoms with E-state index in [2.05, 4.69) is 6.07 Å². The molecule has 1 aromatic rings. The Balaban J connectivity index is 2.14. The molecule has 0 amide bonds. The summed E-state index contributed by atoms with van der Waals surface area (Å²) in [4.78, 5) is 2.03. The maximum Gasteiger partial charge on any atom is 0.123 e. The number of likely N-dealkylation sites (tertiary alicyclic amines) is 1. The maximum absolute atomic E-state index is 13.1. The number of hydrogen-bond donors (Lipinski definition) is 1. The quantitative estimate of drug-likeness (QED) is 0.816. The predicted molar refractivity (Wildman–Crippen MR) is 57.0 cm³/mol. The normalized spacial score (nSPS) is 20.9. The van der Waals surface area contributed by atoms with Crippen molar-refractivity contribution in [1.82, 2.24) is 4.90 Å². The fourth-order valence-corrected chi connectivity index (χ4v) is 2.00. The monoisotopic (exact) mass is 220 g/mol. The lowest BCUT2D eigenvalue weighted by Crippen LogP contribution is -2.22. The van der Waals surface area contributed by atoms with E-state index in [1.54, 1.807) is 0 Å². The van der Waals surface area contributed by atoms with Crippen LogP contribution in [0, 0.1) is 17.1 Å². The summed E-state index contributed by atoms with van der Waals surface area (Å²) in [7, 11) is 0. The molecular formula is C12H13FN2O. The van der Waals surface area contributed by atoms with Crippen molar-refractivity contribution in [3.63, 3.8) is 0 Å². The van der Waals surface area contributed by atoms with Gasteiger partial charge >= 0.3 is 0 Å². The summed E-state index contributed by atoms with van der Waals surface area (Å²) < 4.78 is 13.1. The second-order valence-corrected chi connectivity index (χ2v) is 4.09.